The molecule has 1 fully saturated rings. The summed E-state index contributed by atoms with van der Waals surface area (Å²) in [7, 11) is 0. The van der Waals surface area contributed by atoms with Crippen LogP contribution in [0.25, 0.3) is 0 Å². The minimum Gasteiger partial charge on any atom is -0.462 e. The summed E-state index contributed by atoms with van der Waals surface area (Å²) in [5, 5.41) is 3.38. The maximum atomic E-state index is 5.57. The molecule has 2 heterocycles. The second kappa shape index (κ2) is 4.57. The molecule has 0 bridgehead atoms. The van der Waals surface area contributed by atoms with Gasteiger partial charge >= 0.3 is 6.01 Å². The third-order valence-electron chi connectivity index (χ3n) is 2.54. The standard InChI is InChI=1S/C11H17N3O/c1-8-6-9(2)14-11(13-8)15-7-10-4-3-5-12-10/h6,10,12H,3-5,7H2,1-2H3/t10-/m1/s1. The van der Waals surface area contributed by atoms with Crippen LogP contribution in [0.5, 0.6) is 6.01 Å². The van der Waals surface area contributed by atoms with Crippen molar-refractivity contribution in [1.82, 2.24) is 15.3 Å². The zero-order valence-corrected chi connectivity index (χ0v) is 9.29. The van der Waals surface area contributed by atoms with Crippen molar-refractivity contribution in [3.05, 3.63) is 17.5 Å². The van der Waals surface area contributed by atoms with E-state index < -0.39 is 0 Å². The van der Waals surface area contributed by atoms with Gasteiger partial charge in [-0.1, -0.05) is 0 Å². The lowest BCUT2D eigenvalue weighted by molar-refractivity contribution is 0.256. The zero-order valence-electron chi connectivity index (χ0n) is 9.29. The molecule has 1 aromatic rings. The normalized spacial score (nSPS) is 20.5. The van der Waals surface area contributed by atoms with E-state index in [2.05, 4.69) is 15.3 Å². The summed E-state index contributed by atoms with van der Waals surface area (Å²) in [4.78, 5) is 8.47. The Hall–Kier alpha value is -1.16. The number of nitrogens with zero attached hydrogens (tertiary/aromatic N) is 2. The van der Waals surface area contributed by atoms with Crippen LogP contribution in [0, 0.1) is 13.8 Å². The number of hydrogen-bond donors (Lipinski definition) is 1. The molecule has 0 amide bonds. The number of nitrogens with one attached hydrogen (secondary N) is 1. The molecular weight excluding hydrogens is 190 g/mol. The van der Waals surface area contributed by atoms with Gasteiger partial charge < -0.3 is 10.1 Å². The summed E-state index contributed by atoms with van der Waals surface area (Å²) in [5.74, 6) is 0. The van der Waals surface area contributed by atoms with E-state index in [1.807, 2.05) is 19.9 Å². The number of aromatic nitrogens is 2. The molecule has 1 aliphatic heterocycles. The maximum absolute atomic E-state index is 5.57. The Labute approximate surface area is 90.1 Å². The van der Waals surface area contributed by atoms with E-state index in [9.17, 15) is 0 Å². The smallest absolute Gasteiger partial charge is 0.316 e. The van der Waals surface area contributed by atoms with Gasteiger partial charge in [0, 0.05) is 17.4 Å². The fourth-order valence-corrected chi connectivity index (χ4v) is 1.83. The van der Waals surface area contributed by atoms with Gasteiger partial charge in [-0.15, -0.1) is 0 Å². The molecule has 1 aliphatic rings. The van der Waals surface area contributed by atoms with E-state index in [0.717, 1.165) is 17.9 Å². The SMILES string of the molecule is Cc1cc(C)nc(OC[C@H]2CCCN2)n1. The summed E-state index contributed by atoms with van der Waals surface area (Å²) in [6.45, 7) is 5.68. The molecule has 2 rings (SSSR count). The first-order valence-corrected chi connectivity index (χ1v) is 5.42. The second-order valence-corrected chi connectivity index (χ2v) is 4.04. The highest BCUT2D eigenvalue weighted by atomic mass is 16.5. The molecule has 82 valence electrons. The molecule has 1 N–H and O–H groups in total. The fourth-order valence-electron chi connectivity index (χ4n) is 1.83. The summed E-state index contributed by atoms with van der Waals surface area (Å²) in [5.41, 5.74) is 1.91. The Kier molecular flexibility index (Phi) is 3.16. The second-order valence-electron chi connectivity index (χ2n) is 4.04. The van der Waals surface area contributed by atoms with Crippen molar-refractivity contribution in [2.24, 2.45) is 0 Å². The predicted molar refractivity (Wildman–Crippen MR) is 58.0 cm³/mol. The molecule has 4 heteroatoms. The highest BCUT2D eigenvalue weighted by Crippen LogP contribution is 2.09. The minimum absolute atomic E-state index is 0.467. The first-order valence-electron chi connectivity index (χ1n) is 5.42. The monoisotopic (exact) mass is 207 g/mol. The van der Waals surface area contributed by atoms with E-state index >= 15 is 0 Å². The van der Waals surface area contributed by atoms with Gasteiger partial charge in [-0.05, 0) is 39.3 Å². The molecule has 4 nitrogen and oxygen atoms in total. The molecule has 1 saturated heterocycles. The lowest BCUT2D eigenvalue weighted by Gasteiger charge is -2.11. The van der Waals surface area contributed by atoms with Crippen LogP contribution >= 0.6 is 0 Å². The molecule has 1 aromatic heterocycles. The predicted octanol–water partition coefficient (Wildman–Crippen LogP) is 1.22. The lowest BCUT2D eigenvalue weighted by atomic mass is 10.2. The highest BCUT2D eigenvalue weighted by molar-refractivity contribution is 5.11. The van der Waals surface area contributed by atoms with Crippen molar-refractivity contribution < 1.29 is 4.74 Å². The van der Waals surface area contributed by atoms with Crippen molar-refractivity contribution in [2.75, 3.05) is 13.2 Å². The third kappa shape index (κ3) is 2.89. The number of hydrogen-bond acceptors (Lipinski definition) is 4. The van der Waals surface area contributed by atoms with Gasteiger partial charge in [0.25, 0.3) is 0 Å². The van der Waals surface area contributed by atoms with E-state index in [1.54, 1.807) is 0 Å². The van der Waals surface area contributed by atoms with E-state index in [-0.39, 0.29) is 0 Å². The van der Waals surface area contributed by atoms with Crippen LogP contribution in [-0.4, -0.2) is 29.2 Å². The van der Waals surface area contributed by atoms with E-state index in [0.29, 0.717) is 18.7 Å². The van der Waals surface area contributed by atoms with Crippen molar-refractivity contribution in [3.8, 4) is 6.01 Å². The van der Waals surface area contributed by atoms with Gasteiger partial charge in [0.15, 0.2) is 0 Å². The Morgan fingerprint density at radius 2 is 2.13 bits per heavy atom. The van der Waals surface area contributed by atoms with Crippen LogP contribution < -0.4 is 10.1 Å². The first-order chi connectivity index (χ1) is 7.24. The van der Waals surface area contributed by atoms with Crippen molar-refractivity contribution >= 4 is 0 Å². The largest absolute Gasteiger partial charge is 0.462 e. The quantitative estimate of drug-likeness (QED) is 0.809. The lowest BCUT2D eigenvalue weighted by Crippen LogP contribution is -2.28. The molecule has 15 heavy (non-hydrogen) atoms. The summed E-state index contributed by atoms with van der Waals surface area (Å²) in [6.07, 6.45) is 2.42. The van der Waals surface area contributed by atoms with Crippen LogP contribution in [0.2, 0.25) is 0 Å². The Morgan fingerprint density at radius 3 is 2.73 bits per heavy atom. The molecule has 0 aliphatic carbocycles. The first kappa shape index (κ1) is 10.4. The summed E-state index contributed by atoms with van der Waals surface area (Å²) in [6, 6.07) is 2.91. The number of aryl methyl sites for hydroxylation is 2. The average molecular weight is 207 g/mol. The summed E-state index contributed by atoms with van der Waals surface area (Å²) < 4.78 is 5.57. The van der Waals surface area contributed by atoms with Crippen molar-refractivity contribution in [2.45, 2.75) is 32.7 Å². The average Bonchev–Trinajstić information content (AvgIpc) is 2.65. The van der Waals surface area contributed by atoms with Gasteiger partial charge in [-0.3, -0.25) is 0 Å². The summed E-state index contributed by atoms with van der Waals surface area (Å²) >= 11 is 0. The highest BCUT2D eigenvalue weighted by Gasteiger charge is 2.15. The number of rotatable bonds is 3. The molecular formula is C11H17N3O. The molecule has 0 spiro atoms. The van der Waals surface area contributed by atoms with Gasteiger partial charge in [0.1, 0.15) is 6.61 Å². The Bertz CT molecular complexity index is 314. The van der Waals surface area contributed by atoms with Gasteiger partial charge in [-0.2, -0.15) is 0 Å². The third-order valence-corrected chi connectivity index (χ3v) is 2.54. The minimum atomic E-state index is 0.467. The Morgan fingerprint density at radius 1 is 1.40 bits per heavy atom. The molecule has 0 saturated carbocycles. The van der Waals surface area contributed by atoms with Crippen molar-refractivity contribution in [3.63, 3.8) is 0 Å². The van der Waals surface area contributed by atoms with Gasteiger partial charge in [0.05, 0.1) is 0 Å². The topological polar surface area (TPSA) is 47.0 Å². The number of ether oxygens (including phenoxy) is 1. The molecule has 0 unspecified atom stereocenters. The van der Waals surface area contributed by atoms with Gasteiger partial charge in [0.2, 0.25) is 0 Å². The van der Waals surface area contributed by atoms with Gasteiger partial charge in [-0.25, -0.2) is 9.97 Å². The fraction of sp³-hybridized carbons (Fsp3) is 0.636. The van der Waals surface area contributed by atoms with E-state index in [1.165, 1.54) is 12.8 Å². The van der Waals surface area contributed by atoms with Crippen LogP contribution in [0.4, 0.5) is 0 Å². The van der Waals surface area contributed by atoms with Crippen LogP contribution in [0.3, 0.4) is 0 Å². The van der Waals surface area contributed by atoms with Crippen molar-refractivity contribution in [1.29, 1.82) is 0 Å². The Balaban J connectivity index is 1.92. The van der Waals surface area contributed by atoms with E-state index in [4.69, 9.17) is 4.74 Å². The van der Waals surface area contributed by atoms with Crippen LogP contribution in [0.15, 0.2) is 6.07 Å². The molecule has 1 atom stereocenters. The maximum Gasteiger partial charge on any atom is 0.316 e. The molecule has 0 radical (unpaired) electrons. The zero-order chi connectivity index (χ0) is 10.7. The molecule has 0 aromatic carbocycles. The van der Waals surface area contributed by atoms with Crippen LogP contribution in [0.1, 0.15) is 24.2 Å². The van der Waals surface area contributed by atoms with Crippen LogP contribution in [-0.2, 0) is 0 Å².